The molecule has 1 amide bonds. The Balaban J connectivity index is 2.95. The first-order chi connectivity index (χ1) is 8.06. The molecule has 0 aromatic carbocycles. The van der Waals surface area contributed by atoms with Crippen LogP contribution in [0.4, 0.5) is 4.79 Å². The van der Waals surface area contributed by atoms with Crippen LogP contribution in [0.1, 0.15) is 40.5 Å². The van der Waals surface area contributed by atoms with E-state index < -0.39 is 23.2 Å². The van der Waals surface area contributed by atoms with Crippen molar-refractivity contribution in [2.45, 2.75) is 51.7 Å². The Bertz CT molecular complexity index is 384. The van der Waals surface area contributed by atoms with Gasteiger partial charge in [0.05, 0.1) is 0 Å². The minimum atomic E-state index is -1.52. The molecule has 1 rings (SSSR count). The number of ketones is 1. The number of carboxylic acids is 1. The lowest BCUT2D eigenvalue weighted by Gasteiger charge is -2.41. The van der Waals surface area contributed by atoms with E-state index >= 15 is 0 Å². The molecule has 1 fully saturated rings. The fourth-order valence-corrected chi connectivity index (χ4v) is 1.85. The zero-order chi connectivity index (χ0) is 14.1. The number of Topliss-reactive ketones (excluding diaryl/α,β-unsaturated/α-hetero) is 1. The van der Waals surface area contributed by atoms with Gasteiger partial charge in [-0.05, 0) is 27.7 Å². The molecule has 0 radical (unpaired) electrons. The minimum Gasteiger partial charge on any atom is -0.479 e. The van der Waals surface area contributed by atoms with E-state index in [0.717, 1.165) is 4.90 Å². The van der Waals surface area contributed by atoms with Crippen LogP contribution in [0.2, 0.25) is 0 Å². The largest absolute Gasteiger partial charge is 0.479 e. The number of carbonyl (C=O) groups excluding carboxylic acids is 2. The van der Waals surface area contributed by atoms with Crippen molar-refractivity contribution in [3.8, 4) is 0 Å². The van der Waals surface area contributed by atoms with Crippen molar-refractivity contribution in [1.82, 2.24) is 4.90 Å². The maximum Gasteiger partial charge on any atom is 0.411 e. The van der Waals surface area contributed by atoms with E-state index in [0.29, 0.717) is 0 Å². The second-order valence-corrected chi connectivity index (χ2v) is 5.68. The Hall–Kier alpha value is -1.59. The number of nitrogens with zero attached hydrogens (tertiary/aromatic N) is 1. The second kappa shape index (κ2) is 4.59. The van der Waals surface area contributed by atoms with Crippen LogP contribution in [0.3, 0.4) is 0 Å². The number of hydrogen-bond acceptors (Lipinski definition) is 4. The van der Waals surface area contributed by atoms with Gasteiger partial charge in [-0.15, -0.1) is 0 Å². The number of amides is 1. The standard InChI is InChI=1S/C12H19NO5/c1-11(2,3)18-10(17)13-6-5-8(14)7-12(13,4)9(15)16/h5-7H2,1-4H3,(H,15,16). The van der Waals surface area contributed by atoms with E-state index in [9.17, 15) is 19.5 Å². The molecule has 0 aromatic rings. The molecule has 18 heavy (non-hydrogen) atoms. The van der Waals surface area contributed by atoms with E-state index in [4.69, 9.17) is 4.74 Å². The highest BCUT2D eigenvalue weighted by Gasteiger charge is 2.48. The summed E-state index contributed by atoms with van der Waals surface area (Å²) in [5.74, 6) is -1.35. The first-order valence-electron chi connectivity index (χ1n) is 5.82. The summed E-state index contributed by atoms with van der Waals surface area (Å²) >= 11 is 0. The van der Waals surface area contributed by atoms with E-state index in [1.807, 2.05) is 0 Å². The van der Waals surface area contributed by atoms with Crippen molar-refractivity contribution in [1.29, 1.82) is 0 Å². The van der Waals surface area contributed by atoms with Crippen molar-refractivity contribution in [2.24, 2.45) is 0 Å². The quantitative estimate of drug-likeness (QED) is 0.768. The number of ether oxygens (including phenoxy) is 1. The third kappa shape index (κ3) is 3.00. The van der Waals surface area contributed by atoms with Crippen molar-refractivity contribution < 1.29 is 24.2 Å². The van der Waals surface area contributed by atoms with Crippen LogP contribution in [0.5, 0.6) is 0 Å². The molecule has 0 aromatic heterocycles. The van der Waals surface area contributed by atoms with Gasteiger partial charge in [-0.1, -0.05) is 0 Å². The molecule has 0 bridgehead atoms. The Morgan fingerprint density at radius 2 is 1.94 bits per heavy atom. The van der Waals surface area contributed by atoms with Gasteiger partial charge in [0, 0.05) is 19.4 Å². The van der Waals surface area contributed by atoms with Crippen molar-refractivity contribution >= 4 is 17.8 Å². The average molecular weight is 257 g/mol. The lowest BCUT2D eigenvalue weighted by molar-refractivity contribution is -0.155. The number of aliphatic carboxylic acids is 1. The lowest BCUT2D eigenvalue weighted by atomic mass is 9.88. The fourth-order valence-electron chi connectivity index (χ4n) is 1.85. The molecule has 1 aliphatic heterocycles. The maximum absolute atomic E-state index is 12.0. The molecule has 1 aliphatic rings. The zero-order valence-electron chi connectivity index (χ0n) is 11.1. The fraction of sp³-hybridized carbons (Fsp3) is 0.750. The molecule has 0 aliphatic carbocycles. The highest BCUT2D eigenvalue weighted by molar-refractivity contribution is 5.93. The molecule has 1 saturated heterocycles. The minimum absolute atomic E-state index is 0.0799. The topological polar surface area (TPSA) is 83.9 Å². The van der Waals surface area contributed by atoms with Crippen LogP contribution >= 0.6 is 0 Å². The summed E-state index contributed by atoms with van der Waals surface area (Å²) in [5, 5.41) is 9.23. The van der Waals surface area contributed by atoms with Gasteiger partial charge in [0.25, 0.3) is 0 Å². The molecule has 1 N–H and O–H groups in total. The first kappa shape index (κ1) is 14.5. The monoisotopic (exact) mass is 257 g/mol. The zero-order valence-corrected chi connectivity index (χ0v) is 11.1. The third-order valence-electron chi connectivity index (χ3n) is 2.83. The number of carbonyl (C=O) groups is 3. The second-order valence-electron chi connectivity index (χ2n) is 5.68. The summed E-state index contributed by atoms with van der Waals surface area (Å²) < 4.78 is 5.17. The SMILES string of the molecule is CC(C)(C)OC(=O)N1CCC(=O)CC1(C)C(=O)O. The summed E-state index contributed by atoms with van der Waals surface area (Å²) in [5.41, 5.74) is -2.21. The highest BCUT2D eigenvalue weighted by Crippen LogP contribution is 2.28. The van der Waals surface area contributed by atoms with E-state index in [2.05, 4.69) is 0 Å². The van der Waals surface area contributed by atoms with Gasteiger partial charge in [-0.3, -0.25) is 9.69 Å². The first-order valence-corrected chi connectivity index (χ1v) is 5.82. The summed E-state index contributed by atoms with van der Waals surface area (Å²) in [6, 6.07) is 0. The molecule has 1 unspecified atom stereocenters. The number of piperidine rings is 1. The van der Waals surface area contributed by atoms with Crippen LogP contribution in [0.25, 0.3) is 0 Å². The molecule has 6 heteroatoms. The number of rotatable bonds is 1. The van der Waals surface area contributed by atoms with Gasteiger partial charge >= 0.3 is 12.1 Å². The van der Waals surface area contributed by atoms with Crippen LogP contribution in [0.15, 0.2) is 0 Å². The molecule has 1 heterocycles. The Morgan fingerprint density at radius 1 is 1.39 bits per heavy atom. The Kier molecular flexibility index (Phi) is 3.69. The van der Waals surface area contributed by atoms with Crippen molar-refractivity contribution in [3.63, 3.8) is 0 Å². The van der Waals surface area contributed by atoms with Crippen LogP contribution in [0, 0.1) is 0 Å². The van der Waals surface area contributed by atoms with Crippen molar-refractivity contribution in [2.75, 3.05) is 6.54 Å². The lowest BCUT2D eigenvalue weighted by Crippen LogP contribution is -2.60. The summed E-state index contributed by atoms with van der Waals surface area (Å²) in [7, 11) is 0. The number of carboxylic acid groups (broad SMARTS) is 1. The van der Waals surface area contributed by atoms with Crippen LogP contribution < -0.4 is 0 Å². The molecular formula is C12H19NO5. The van der Waals surface area contributed by atoms with Gasteiger partial charge in [0.2, 0.25) is 0 Å². The van der Waals surface area contributed by atoms with Crippen molar-refractivity contribution in [3.05, 3.63) is 0 Å². The molecule has 6 nitrogen and oxygen atoms in total. The molecule has 102 valence electrons. The Morgan fingerprint density at radius 3 is 2.39 bits per heavy atom. The number of hydrogen-bond donors (Lipinski definition) is 1. The van der Waals surface area contributed by atoms with Gasteiger partial charge in [0.15, 0.2) is 0 Å². The Labute approximate surface area is 106 Å². The summed E-state index contributed by atoms with van der Waals surface area (Å²) in [4.78, 5) is 35.8. The van der Waals surface area contributed by atoms with Crippen LogP contribution in [-0.2, 0) is 14.3 Å². The number of likely N-dealkylation sites (tertiary alicyclic amines) is 1. The predicted molar refractivity (Wildman–Crippen MR) is 63.2 cm³/mol. The van der Waals surface area contributed by atoms with Gasteiger partial charge in [-0.2, -0.15) is 0 Å². The predicted octanol–water partition coefficient (Wildman–Crippen LogP) is 1.43. The third-order valence-corrected chi connectivity index (χ3v) is 2.83. The summed E-state index contributed by atoms with van der Waals surface area (Å²) in [6.45, 7) is 6.57. The van der Waals surface area contributed by atoms with Gasteiger partial charge in [-0.25, -0.2) is 9.59 Å². The van der Waals surface area contributed by atoms with Gasteiger partial charge in [0.1, 0.15) is 16.9 Å². The maximum atomic E-state index is 12.0. The smallest absolute Gasteiger partial charge is 0.411 e. The normalized spacial score (nSPS) is 24.9. The van der Waals surface area contributed by atoms with E-state index in [1.165, 1.54) is 6.92 Å². The summed E-state index contributed by atoms with van der Waals surface area (Å²) in [6.07, 6.45) is -0.705. The molecule has 1 atom stereocenters. The highest BCUT2D eigenvalue weighted by atomic mass is 16.6. The van der Waals surface area contributed by atoms with E-state index in [1.54, 1.807) is 20.8 Å². The van der Waals surface area contributed by atoms with Crippen LogP contribution in [-0.4, -0.2) is 45.5 Å². The van der Waals surface area contributed by atoms with Gasteiger partial charge < -0.3 is 9.84 Å². The molecule has 0 spiro atoms. The molecule has 0 saturated carbocycles. The average Bonchev–Trinajstić information content (AvgIpc) is 2.13. The molecular weight excluding hydrogens is 238 g/mol. The van der Waals surface area contributed by atoms with E-state index in [-0.39, 0.29) is 25.2 Å².